The zero-order valence-electron chi connectivity index (χ0n) is 13.6. The number of rotatable bonds is 13. The molecule has 0 aromatic rings. The standard InChI is InChI=1S/C19H36/c1-3-5-7-9-11-13-15-17-19-18-16-14-12-10-8-6-4-2/h3-9,11,13-19H2,1-2H3. The summed E-state index contributed by atoms with van der Waals surface area (Å²) in [7, 11) is 0. The third kappa shape index (κ3) is 17.6. The minimum absolute atomic E-state index is 1.11. The number of unbranched alkanes of at least 4 members (excludes halogenated alkanes) is 13. The molecule has 0 amide bonds. The lowest BCUT2D eigenvalue weighted by Gasteiger charge is -2.01. The Kier molecular flexibility index (Phi) is 17.2. The summed E-state index contributed by atoms with van der Waals surface area (Å²) in [5, 5.41) is 0. The Morgan fingerprint density at radius 1 is 0.421 bits per heavy atom. The summed E-state index contributed by atoms with van der Waals surface area (Å²) in [5.41, 5.74) is 0. The average molecular weight is 264 g/mol. The molecule has 0 aromatic carbocycles. The Morgan fingerprint density at radius 2 is 0.789 bits per heavy atom. The maximum Gasteiger partial charge on any atom is 0.00886 e. The van der Waals surface area contributed by atoms with Gasteiger partial charge in [-0.1, -0.05) is 84.5 Å². The SMILES string of the molecule is CCCCC#CCCCCCCCCCCCCC. The van der Waals surface area contributed by atoms with Gasteiger partial charge in [-0.3, -0.25) is 0 Å². The highest BCUT2D eigenvalue weighted by molar-refractivity contribution is 4.98. The maximum absolute atomic E-state index is 3.30. The highest BCUT2D eigenvalue weighted by Crippen LogP contribution is 2.11. The average Bonchev–Trinajstić information content (AvgIpc) is 2.43. The number of hydrogen-bond acceptors (Lipinski definition) is 0. The number of hydrogen-bond donors (Lipinski definition) is 0. The molecule has 0 heterocycles. The van der Waals surface area contributed by atoms with Crippen molar-refractivity contribution in [3.63, 3.8) is 0 Å². The molecule has 112 valence electrons. The van der Waals surface area contributed by atoms with E-state index in [-0.39, 0.29) is 0 Å². The van der Waals surface area contributed by atoms with Gasteiger partial charge in [0, 0.05) is 12.8 Å². The van der Waals surface area contributed by atoms with Crippen LogP contribution in [0.3, 0.4) is 0 Å². The maximum atomic E-state index is 3.30. The van der Waals surface area contributed by atoms with Crippen LogP contribution in [-0.2, 0) is 0 Å². The Labute approximate surface area is 122 Å². The molecule has 0 saturated heterocycles. The molecule has 0 atom stereocenters. The minimum Gasteiger partial charge on any atom is -0.103 e. The highest BCUT2D eigenvalue weighted by Gasteiger charge is 1.92. The quantitative estimate of drug-likeness (QED) is 0.251. The van der Waals surface area contributed by atoms with Gasteiger partial charge in [-0.25, -0.2) is 0 Å². The molecule has 0 heteroatoms. The van der Waals surface area contributed by atoms with E-state index in [9.17, 15) is 0 Å². The van der Waals surface area contributed by atoms with Gasteiger partial charge in [0.15, 0.2) is 0 Å². The van der Waals surface area contributed by atoms with E-state index in [1.54, 1.807) is 0 Å². The molecule has 0 bridgehead atoms. The first-order valence-corrected chi connectivity index (χ1v) is 8.87. The van der Waals surface area contributed by atoms with Gasteiger partial charge in [0.05, 0.1) is 0 Å². The molecular weight excluding hydrogens is 228 g/mol. The summed E-state index contributed by atoms with van der Waals surface area (Å²) in [5.74, 6) is 6.57. The van der Waals surface area contributed by atoms with E-state index in [2.05, 4.69) is 25.7 Å². The van der Waals surface area contributed by atoms with Gasteiger partial charge in [0.2, 0.25) is 0 Å². The van der Waals surface area contributed by atoms with Crippen LogP contribution < -0.4 is 0 Å². The molecule has 0 N–H and O–H groups in total. The fourth-order valence-corrected chi connectivity index (χ4v) is 2.32. The van der Waals surface area contributed by atoms with Crippen LogP contribution in [-0.4, -0.2) is 0 Å². The van der Waals surface area contributed by atoms with Gasteiger partial charge in [-0.05, 0) is 12.8 Å². The molecule has 19 heavy (non-hydrogen) atoms. The van der Waals surface area contributed by atoms with Gasteiger partial charge < -0.3 is 0 Å². The summed E-state index contributed by atoms with van der Waals surface area (Å²) >= 11 is 0. The lowest BCUT2D eigenvalue weighted by molar-refractivity contribution is 0.551. The van der Waals surface area contributed by atoms with E-state index >= 15 is 0 Å². The summed E-state index contributed by atoms with van der Waals surface area (Å²) in [6.07, 6.45) is 20.4. The van der Waals surface area contributed by atoms with Crippen molar-refractivity contribution in [3.8, 4) is 11.8 Å². The molecule has 0 rings (SSSR count). The van der Waals surface area contributed by atoms with Gasteiger partial charge in [0.1, 0.15) is 0 Å². The van der Waals surface area contributed by atoms with Crippen molar-refractivity contribution in [1.82, 2.24) is 0 Å². The molecule has 0 saturated carbocycles. The Balaban J connectivity index is 3.00. The van der Waals surface area contributed by atoms with Gasteiger partial charge in [0.25, 0.3) is 0 Å². The Bertz CT molecular complexity index is 206. The molecule has 0 radical (unpaired) electrons. The van der Waals surface area contributed by atoms with Crippen molar-refractivity contribution in [2.75, 3.05) is 0 Å². The van der Waals surface area contributed by atoms with Crippen molar-refractivity contribution in [1.29, 1.82) is 0 Å². The second-order valence-corrected chi connectivity index (χ2v) is 5.74. The second kappa shape index (κ2) is 17.6. The first kappa shape index (κ1) is 18.6. The van der Waals surface area contributed by atoms with E-state index in [4.69, 9.17) is 0 Å². The second-order valence-electron chi connectivity index (χ2n) is 5.74. The monoisotopic (exact) mass is 264 g/mol. The predicted molar refractivity (Wildman–Crippen MR) is 88.4 cm³/mol. The van der Waals surface area contributed by atoms with Crippen LogP contribution in [0.25, 0.3) is 0 Å². The van der Waals surface area contributed by atoms with Crippen LogP contribution in [0, 0.1) is 11.8 Å². The van der Waals surface area contributed by atoms with Crippen molar-refractivity contribution in [3.05, 3.63) is 0 Å². The summed E-state index contributed by atoms with van der Waals surface area (Å²) in [6.45, 7) is 4.51. The first-order valence-electron chi connectivity index (χ1n) is 8.87. The molecule has 0 aliphatic carbocycles. The molecule has 0 unspecified atom stereocenters. The van der Waals surface area contributed by atoms with Gasteiger partial charge in [-0.2, -0.15) is 0 Å². The molecule has 0 nitrogen and oxygen atoms in total. The van der Waals surface area contributed by atoms with Crippen LogP contribution in [0.15, 0.2) is 0 Å². The van der Waals surface area contributed by atoms with Crippen molar-refractivity contribution < 1.29 is 0 Å². The smallest absolute Gasteiger partial charge is 0.00886 e. The summed E-state index contributed by atoms with van der Waals surface area (Å²) in [6, 6.07) is 0. The first-order chi connectivity index (χ1) is 9.41. The zero-order chi connectivity index (χ0) is 14.0. The van der Waals surface area contributed by atoms with Crippen LogP contribution in [0.1, 0.15) is 110 Å². The molecule has 0 aliphatic heterocycles. The molecule has 0 spiro atoms. The van der Waals surface area contributed by atoms with Crippen molar-refractivity contribution in [2.45, 2.75) is 110 Å². The fourth-order valence-electron chi connectivity index (χ4n) is 2.32. The third-order valence-electron chi connectivity index (χ3n) is 3.69. The van der Waals surface area contributed by atoms with E-state index < -0.39 is 0 Å². The van der Waals surface area contributed by atoms with Crippen LogP contribution in [0.2, 0.25) is 0 Å². The largest absolute Gasteiger partial charge is 0.103 e. The molecular formula is C19H36. The summed E-state index contributed by atoms with van der Waals surface area (Å²) < 4.78 is 0. The Morgan fingerprint density at radius 3 is 1.26 bits per heavy atom. The van der Waals surface area contributed by atoms with E-state index in [1.807, 2.05) is 0 Å². The van der Waals surface area contributed by atoms with E-state index in [0.717, 1.165) is 12.8 Å². The molecule has 0 aliphatic rings. The minimum atomic E-state index is 1.11. The van der Waals surface area contributed by atoms with Gasteiger partial charge >= 0.3 is 0 Å². The Hall–Kier alpha value is -0.440. The van der Waals surface area contributed by atoms with Crippen LogP contribution >= 0.6 is 0 Å². The van der Waals surface area contributed by atoms with Crippen molar-refractivity contribution >= 4 is 0 Å². The third-order valence-corrected chi connectivity index (χ3v) is 3.69. The lowest BCUT2D eigenvalue weighted by atomic mass is 10.1. The van der Waals surface area contributed by atoms with Crippen molar-refractivity contribution in [2.24, 2.45) is 0 Å². The summed E-state index contributed by atoms with van der Waals surface area (Å²) in [4.78, 5) is 0. The predicted octanol–water partition coefficient (Wildman–Crippen LogP) is 6.88. The lowest BCUT2D eigenvalue weighted by Crippen LogP contribution is -1.82. The van der Waals surface area contributed by atoms with E-state index in [1.165, 1.54) is 83.5 Å². The normalized spacial score (nSPS) is 10.2. The zero-order valence-corrected chi connectivity index (χ0v) is 13.6. The van der Waals surface area contributed by atoms with E-state index in [0.29, 0.717) is 0 Å². The highest BCUT2D eigenvalue weighted by atomic mass is 14.0. The topological polar surface area (TPSA) is 0 Å². The van der Waals surface area contributed by atoms with Gasteiger partial charge in [-0.15, -0.1) is 11.8 Å². The van der Waals surface area contributed by atoms with Crippen LogP contribution in [0.4, 0.5) is 0 Å². The molecule has 0 aromatic heterocycles. The van der Waals surface area contributed by atoms with Crippen LogP contribution in [0.5, 0.6) is 0 Å². The fraction of sp³-hybridized carbons (Fsp3) is 0.895. The molecule has 0 fully saturated rings.